The number of nitrogens with one attached hydrogen (secondary N) is 1. The average Bonchev–Trinajstić information content (AvgIpc) is 2.56. The van der Waals surface area contributed by atoms with Gasteiger partial charge >= 0.3 is 6.03 Å². The molecule has 2 amide bonds. The molecule has 27 heavy (non-hydrogen) atoms. The van der Waals surface area contributed by atoms with E-state index in [0.717, 1.165) is 25.2 Å². The van der Waals surface area contributed by atoms with Crippen LogP contribution in [0.15, 0.2) is 18.2 Å². The van der Waals surface area contributed by atoms with Gasteiger partial charge in [-0.15, -0.1) is 0 Å². The number of ether oxygens (including phenoxy) is 1. The molecule has 1 N–H and O–H groups in total. The zero-order valence-electron chi connectivity index (χ0n) is 18.1. The van der Waals surface area contributed by atoms with Crippen LogP contribution in [-0.2, 0) is 0 Å². The molecular formula is C20H37N5O2. The molecule has 0 aliphatic rings. The van der Waals surface area contributed by atoms with Gasteiger partial charge in [0.1, 0.15) is 12.4 Å². The highest BCUT2D eigenvalue weighted by Gasteiger charge is 2.16. The number of aryl methyl sites for hydroxylation is 1. The predicted octanol–water partition coefficient (Wildman–Crippen LogP) is 1.89. The summed E-state index contributed by atoms with van der Waals surface area (Å²) in [7, 11) is 12.1. The van der Waals surface area contributed by atoms with Crippen LogP contribution in [0.1, 0.15) is 5.56 Å². The van der Waals surface area contributed by atoms with Crippen LogP contribution < -0.4 is 10.1 Å². The first-order chi connectivity index (χ1) is 12.7. The van der Waals surface area contributed by atoms with E-state index in [9.17, 15) is 4.79 Å². The summed E-state index contributed by atoms with van der Waals surface area (Å²) in [6.07, 6.45) is 0. The van der Waals surface area contributed by atoms with E-state index >= 15 is 0 Å². The van der Waals surface area contributed by atoms with E-state index in [0.29, 0.717) is 31.1 Å². The summed E-state index contributed by atoms with van der Waals surface area (Å²) in [5.74, 6) is 0.713. The molecule has 154 valence electrons. The Hall–Kier alpha value is -1.83. The van der Waals surface area contributed by atoms with Gasteiger partial charge in [-0.1, -0.05) is 6.07 Å². The molecule has 1 aromatic rings. The summed E-state index contributed by atoms with van der Waals surface area (Å²) < 4.78 is 5.91. The van der Waals surface area contributed by atoms with Crippen molar-refractivity contribution in [2.24, 2.45) is 0 Å². The van der Waals surface area contributed by atoms with Crippen molar-refractivity contribution in [1.29, 1.82) is 0 Å². The van der Waals surface area contributed by atoms with Crippen LogP contribution in [-0.4, -0.2) is 107 Å². The number of anilines is 1. The summed E-state index contributed by atoms with van der Waals surface area (Å²) in [4.78, 5) is 21.0. The number of likely N-dealkylation sites (N-methyl/N-ethyl adjacent to an activating group) is 3. The van der Waals surface area contributed by atoms with Crippen molar-refractivity contribution < 1.29 is 9.53 Å². The van der Waals surface area contributed by atoms with E-state index in [4.69, 9.17) is 4.74 Å². The van der Waals surface area contributed by atoms with Crippen LogP contribution in [0.25, 0.3) is 0 Å². The molecule has 0 saturated carbocycles. The van der Waals surface area contributed by atoms with Gasteiger partial charge in [-0.3, -0.25) is 0 Å². The fourth-order valence-electron chi connectivity index (χ4n) is 2.34. The minimum absolute atomic E-state index is 0.0972. The molecule has 7 nitrogen and oxygen atoms in total. The van der Waals surface area contributed by atoms with Crippen LogP contribution in [0.3, 0.4) is 0 Å². The van der Waals surface area contributed by atoms with Gasteiger partial charge in [-0.2, -0.15) is 0 Å². The number of benzene rings is 1. The van der Waals surface area contributed by atoms with Gasteiger partial charge in [-0.25, -0.2) is 4.79 Å². The minimum atomic E-state index is -0.0972. The number of rotatable bonds is 11. The zero-order chi connectivity index (χ0) is 20.4. The number of carbonyl (C=O) groups is 1. The number of hydrogen-bond acceptors (Lipinski definition) is 5. The first-order valence-electron chi connectivity index (χ1n) is 9.42. The van der Waals surface area contributed by atoms with E-state index in [1.165, 1.54) is 0 Å². The molecule has 0 aliphatic carbocycles. The molecule has 0 bridgehead atoms. The Morgan fingerprint density at radius 3 is 1.96 bits per heavy atom. The lowest BCUT2D eigenvalue weighted by atomic mass is 10.2. The van der Waals surface area contributed by atoms with E-state index in [1.54, 1.807) is 0 Å². The Morgan fingerprint density at radius 2 is 1.44 bits per heavy atom. The number of nitrogens with zero attached hydrogens (tertiary/aromatic N) is 4. The second-order valence-corrected chi connectivity index (χ2v) is 7.68. The molecule has 0 spiro atoms. The average molecular weight is 380 g/mol. The van der Waals surface area contributed by atoms with Crippen molar-refractivity contribution in [1.82, 2.24) is 19.6 Å². The van der Waals surface area contributed by atoms with E-state index < -0.39 is 0 Å². The summed E-state index contributed by atoms with van der Waals surface area (Å²) in [5.41, 5.74) is 1.81. The first-order valence-corrected chi connectivity index (χ1v) is 9.42. The zero-order valence-corrected chi connectivity index (χ0v) is 18.1. The molecule has 0 aliphatic heterocycles. The molecule has 0 saturated heterocycles. The van der Waals surface area contributed by atoms with Crippen LogP contribution in [0, 0.1) is 6.92 Å². The molecule has 0 aromatic heterocycles. The largest absolute Gasteiger partial charge is 0.490 e. The summed E-state index contributed by atoms with van der Waals surface area (Å²) >= 11 is 0. The number of urea groups is 1. The number of hydrogen-bond donors (Lipinski definition) is 1. The van der Waals surface area contributed by atoms with Crippen molar-refractivity contribution in [3.05, 3.63) is 23.8 Å². The normalized spacial score (nSPS) is 11.3. The van der Waals surface area contributed by atoms with Crippen LogP contribution in [0.4, 0.5) is 10.5 Å². The second kappa shape index (κ2) is 11.8. The standard InChI is InChI=1S/C20H37N5O2/c1-17-8-9-18(19(16-17)27-15-14-24(6)7)21-20(26)25(12-10-22(2)3)13-11-23(4)5/h8-9,16H,10-15H2,1-7H3,(H,21,26). The lowest BCUT2D eigenvalue weighted by molar-refractivity contribution is 0.198. The maximum absolute atomic E-state index is 12.9. The molecular weight excluding hydrogens is 342 g/mol. The minimum Gasteiger partial charge on any atom is -0.490 e. The second-order valence-electron chi connectivity index (χ2n) is 7.68. The van der Waals surface area contributed by atoms with Crippen LogP contribution in [0.5, 0.6) is 5.75 Å². The van der Waals surface area contributed by atoms with E-state index in [2.05, 4.69) is 20.0 Å². The molecule has 1 aromatic carbocycles. The highest BCUT2D eigenvalue weighted by molar-refractivity contribution is 5.91. The Kier molecular flexibility index (Phi) is 10.1. The van der Waals surface area contributed by atoms with Gasteiger partial charge in [-0.05, 0) is 66.9 Å². The highest BCUT2D eigenvalue weighted by Crippen LogP contribution is 2.26. The quantitative estimate of drug-likeness (QED) is 0.636. The van der Waals surface area contributed by atoms with Gasteiger partial charge in [0, 0.05) is 32.7 Å². The molecule has 0 atom stereocenters. The van der Waals surface area contributed by atoms with Crippen molar-refractivity contribution in [3.63, 3.8) is 0 Å². The van der Waals surface area contributed by atoms with Crippen molar-refractivity contribution in [2.45, 2.75) is 6.92 Å². The molecule has 1 rings (SSSR count). The predicted molar refractivity (Wildman–Crippen MR) is 113 cm³/mol. The maximum Gasteiger partial charge on any atom is 0.322 e. The fourth-order valence-corrected chi connectivity index (χ4v) is 2.34. The SMILES string of the molecule is Cc1ccc(NC(=O)N(CCN(C)C)CCN(C)C)c(OCCN(C)C)c1. The first kappa shape index (κ1) is 23.2. The van der Waals surface area contributed by atoms with Crippen molar-refractivity contribution in [3.8, 4) is 5.75 Å². The van der Waals surface area contributed by atoms with Crippen molar-refractivity contribution in [2.75, 3.05) is 86.9 Å². The van der Waals surface area contributed by atoms with Crippen LogP contribution >= 0.6 is 0 Å². The molecule has 0 radical (unpaired) electrons. The summed E-state index contributed by atoms with van der Waals surface area (Å²) in [6, 6.07) is 5.77. The molecule has 0 unspecified atom stereocenters. The van der Waals surface area contributed by atoms with Gasteiger partial charge in [0.15, 0.2) is 0 Å². The maximum atomic E-state index is 12.9. The molecule has 0 heterocycles. The number of amides is 2. The Balaban J connectivity index is 2.82. The smallest absolute Gasteiger partial charge is 0.322 e. The summed E-state index contributed by atoms with van der Waals surface area (Å²) in [5, 5.41) is 3.03. The number of carbonyl (C=O) groups excluding carboxylic acids is 1. The highest BCUT2D eigenvalue weighted by atomic mass is 16.5. The monoisotopic (exact) mass is 379 g/mol. The van der Waals surface area contributed by atoms with Gasteiger partial charge in [0.05, 0.1) is 5.69 Å². The third-order valence-corrected chi connectivity index (χ3v) is 4.10. The Labute approximate surface area is 164 Å². The van der Waals surface area contributed by atoms with Crippen molar-refractivity contribution >= 4 is 11.7 Å². The van der Waals surface area contributed by atoms with Crippen LogP contribution in [0.2, 0.25) is 0 Å². The lowest BCUT2D eigenvalue weighted by Gasteiger charge is -2.26. The third-order valence-electron chi connectivity index (χ3n) is 4.10. The van der Waals surface area contributed by atoms with Gasteiger partial charge in [0.25, 0.3) is 0 Å². The summed E-state index contributed by atoms with van der Waals surface area (Å²) in [6.45, 7) is 6.40. The van der Waals surface area contributed by atoms with Gasteiger partial charge in [0.2, 0.25) is 0 Å². The Morgan fingerprint density at radius 1 is 0.889 bits per heavy atom. The molecule has 7 heteroatoms. The molecule has 0 fully saturated rings. The Bertz CT molecular complexity index is 563. The topological polar surface area (TPSA) is 51.3 Å². The fraction of sp³-hybridized carbons (Fsp3) is 0.650. The third kappa shape index (κ3) is 9.60. The van der Waals surface area contributed by atoms with E-state index in [-0.39, 0.29) is 6.03 Å². The lowest BCUT2D eigenvalue weighted by Crippen LogP contribution is -2.42. The van der Waals surface area contributed by atoms with E-state index in [1.807, 2.05) is 72.3 Å². The van der Waals surface area contributed by atoms with Gasteiger partial charge < -0.3 is 29.7 Å².